The Balaban J connectivity index is 1.49. The first kappa shape index (κ1) is 22.8. The van der Waals surface area contributed by atoms with Gasteiger partial charge in [0.1, 0.15) is 11.6 Å². The van der Waals surface area contributed by atoms with Gasteiger partial charge in [0, 0.05) is 20.1 Å². The summed E-state index contributed by atoms with van der Waals surface area (Å²) in [7, 11) is 3.68. The molecular weight excluding hydrogens is 412 g/mol. The third kappa shape index (κ3) is 5.53. The van der Waals surface area contributed by atoms with Crippen LogP contribution in [0.5, 0.6) is 5.75 Å². The van der Waals surface area contributed by atoms with Gasteiger partial charge < -0.3 is 19.5 Å². The second kappa shape index (κ2) is 10.5. The van der Waals surface area contributed by atoms with Crippen LogP contribution >= 0.6 is 0 Å². The number of methoxy groups -OCH3 is 1. The molecule has 1 N–H and O–H groups in total. The maximum absolute atomic E-state index is 5.28. The average molecular weight is 447 g/mol. The maximum Gasteiger partial charge on any atom is 0.194 e. The summed E-state index contributed by atoms with van der Waals surface area (Å²) in [5.74, 6) is 4.69. The van der Waals surface area contributed by atoms with Crippen molar-refractivity contribution in [2.45, 2.75) is 39.3 Å². The molecule has 2 unspecified atom stereocenters. The summed E-state index contributed by atoms with van der Waals surface area (Å²) in [4.78, 5) is 7.38. The second-order valence-electron chi connectivity index (χ2n) is 8.79. The number of hydrogen-bond acceptors (Lipinski definition) is 4. The van der Waals surface area contributed by atoms with Crippen molar-refractivity contribution in [1.82, 2.24) is 25.0 Å². The van der Waals surface area contributed by atoms with Crippen LogP contribution in [-0.2, 0) is 20.1 Å². The lowest BCUT2D eigenvalue weighted by Gasteiger charge is -2.39. The van der Waals surface area contributed by atoms with Crippen molar-refractivity contribution in [3.05, 3.63) is 77.4 Å². The second-order valence-corrected chi connectivity index (χ2v) is 8.79. The van der Waals surface area contributed by atoms with Crippen LogP contribution in [0.25, 0.3) is 0 Å². The lowest BCUT2D eigenvalue weighted by molar-refractivity contribution is 0.234. The summed E-state index contributed by atoms with van der Waals surface area (Å²) < 4.78 is 7.29. The van der Waals surface area contributed by atoms with E-state index in [1.54, 1.807) is 7.11 Å². The molecule has 0 radical (unpaired) electrons. The van der Waals surface area contributed by atoms with E-state index in [9.17, 15) is 0 Å². The largest absolute Gasteiger partial charge is 0.497 e. The minimum atomic E-state index is 0.534. The lowest BCUT2D eigenvalue weighted by atomic mass is 9.82. The Hall–Kier alpha value is -3.35. The van der Waals surface area contributed by atoms with Gasteiger partial charge in [-0.1, -0.05) is 49.4 Å². The van der Waals surface area contributed by atoms with Crippen molar-refractivity contribution in [3.8, 4) is 5.75 Å². The Kier molecular flexibility index (Phi) is 7.27. The molecule has 1 fully saturated rings. The number of ether oxygens (including phenoxy) is 1. The van der Waals surface area contributed by atoms with Crippen LogP contribution in [0.4, 0.5) is 0 Å². The van der Waals surface area contributed by atoms with E-state index in [1.165, 1.54) is 5.56 Å². The molecule has 0 bridgehead atoms. The minimum absolute atomic E-state index is 0.534. The fourth-order valence-electron chi connectivity index (χ4n) is 4.46. The SMILES string of the molecule is COc1ccc(CN=C(NCc2nnc(C)n2C)N2CCC(c3ccccc3)C(C)C2)cc1. The highest BCUT2D eigenvalue weighted by molar-refractivity contribution is 5.80. The molecule has 7 nitrogen and oxygen atoms in total. The molecule has 2 atom stereocenters. The summed E-state index contributed by atoms with van der Waals surface area (Å²) >= 11 is 0. The Morgan fingerprint density at radius 2 is 1.88 bits per heavy atom. The van der Waals surface area contributed by atoms with Gasteiger partial charge in [0.2, 0.25) is 0 Å². The zero-order chi connectivity index (χ0) is 23.2. The smallest absolute Gasteiger partial charge is 0.194 e. The van der Waals surface area contributed by atoms with Crippen molar-refractivity contribution in [2.75, 3.05) is 20.2 Å². The van der Waals surface area contributed by atoms with Gasteiger partial charge in [0.05, 0.1) is 20.2 Å². The van der Waals surface area contributed by atoms with Crippen LogP contribution in [0, 0.1) is 12.8 Å². The predicted octanol–water partition coefficient (Wildman–Crippen LogP) is 3.90. The molecule has 1 aliphatic heterocycles. The van der Waals surface area contributed by atoms with E-state index in [4.69, 9.17) is 9.73 Å². The van der Waals surface area contributed by atoms with E-state index in [0.29, 0.717) is 24.9 Å². The van der Waals surface area contributed by atoms with E-state index in [-0.39, 0.29) is 0 Å². The standard InChI is InChI=1S/C26H34N6O/c1-19-18-32(15-14-24(19)22-8-6-5-7-9-22)26(28-17-25-30-29-20(2)31(25)3)27-16-21-10-12-23(33-4)13-11-21/h5-13,19,24H,14-18H2,1-4H3,(H,27,28). The molecule has 0 spiro atoms. The molecule has 1 aliphatic rings. The zero-order valence-electron chi connectivity index (χ0n) is 20.0. The summed E-state index contributed by atoms with van der Waals surface area (Å²) in [5, 5.41) is 12.0. The van der Waals surface area contributed by atoms with Crippen LogP contribution in [0.15, 0.2) is 59.6 Å². The van der Waals surface area contributed by atoms with E-state index in [1.807, 2.05) is 30.7 Å². The fraction of sp³-hybridized carbons (Fsp3) is 0.423. The summed E-state index contributed by atoms with van der Waals surface area (Å²) in [5.41, 5.74) is 2.58. The number of rotatable bonds is 6. The molecule has 2 aromatic carbocycles. The molecule has 0 saturated carbocycles. The van der Waals surface area contributed by atoms with Gasteiger partial charge in [0.25, 0.3) is 0 Å². The van der Waals surface area contributed by atoms with Gasteiger partial charge in [-0.05, 0) is 48.4 Å². The molecule has 3 aromatic rings. The molecule has 0 aliphatic carbocycles. The van der Waals surface area contributed by atoms with E-state index in [0.717, 1.165) is 48.4 Å². The van der Waals surface area contributed by atoms with E-state index < -0.39 is 0 Å². The molecule has 7 heteroatoms. The van der Waals surface area contributed by atoms with Gasteiger partial charge in [-0.3, -0.25) is 0 Å². The number of hydrogen-bond donors (Lipinski definition) is 1. The van der Waals surface area contributed by atoms with Gasteiger partial charge in [0.15, 0.2) is 11.8 Å². The van der Waals surface area contributed by atoms with Crippen LogP contribution in [-0.4, -0.2) is 45.8 Å². The van der Waals surface area contributed by atoms with Crippen molar-refractivity contribution >= 4 is 5.96 Å². The zero-order valence-corrected chi connectivity index (χ0v) is 20.0. The number of benzene rings is 2. The van der Waals surface area contributed by atoms with Crippen molar-refractivity contribution in [1.29, 1.82) is 0 Å². The molecule has 1 aromatic heterocycles. The first-order valence-electron chi connectivity index (χ1n) is 11.6. The number of aliphatic imine (C=N–C) groups is 1. The summed E-state index contributed by atoms with van der Waals surface area (Å²) in [6.45, 7) is 7.44. The highest BCUT2D eigenvalue weighted by Crippen LogP contribution is 2.32. The number of guanidine groups is 1. The predicted molar refractivity (Wildman–Crippen MR) is 131 cm³/mol. The van der Waals surface area contributed by atoms with Gasteiger partial charge in [-0.25, -0.2) is 4.99 Å². The molecule has 1 saturated heterocycles. The molecule has 0 amide bonds. The summed E-state index contributed by atoms with van der Waals surface area (Å²) in [6, 6.07) is 19.0. The van der Waals surface area contributed by atoms with Crippen molar-refractivity contribution < 1.29 is 4.74 Å². The normalized spacial score (nSPS) is 18.9. The molecule has 4 rings (SSSR count). The third-order valence-corrected chi connectivity index (χ3v) is 6.59. The first-order chi connectivity index (χ1) is 16.0. The van der Waals surface area contributed by atoms with Gasteiger partial charge in [-0.2, -0.15) is 0 Å². The minimum Gasteiger partial charge on any atom is -0.497 e. The van der Waals surface area contributed by atoms with Crippen LogP contribution < -0.4 is 10.1 Å². The van der Waals surface area contributed by atoms with Crippen LogP contribution in [0.3, 0.4) is 0 Å². The van der Waals surface area contributed by atoms with E-state index >= 15 is 0 Å². The number of aromatic nitrogens is 3. The number of aryl methyl sites for hydroxylation is 1. The Morgan fingerprint density at radius 3 is 2.52 bits per heavy atom. The van der Waals surface area contributed by atoms with Crippen LogP contribution in [0.2, 0.25) is 0 Å². The number of piperidine rings is 1. The molecular formula is C26H34N6O. The Bertz CT molecular complexity index is 1060. The van der Waals surface area contributed by atoms with Crippen LogP contribution in [0.1, 0.15) is 42.0 Å². The van der Waals surface area contributed by atoms with Crippen molar-refractivity contribution in [3.63, 3.8) is 0 Å². The molecule has 2 heterocycles. The quantitative estimate of drug-likeness (QED) is 0.459. The highest BCUT2D eigenvalue weighted by Gasteiger charge is 2.29. The number of nitrogens with one attached hydrogen (secondary N) is 1. The monoisotopic (exact) mass is 446 g/mol. The molecule has 174 valence electrons. The number of likely N-dealkylation sites (tertiary alicyclic amines) is 1. The lowest BCUT2D eigenvalue weighted by Crippen LogP contribution is -2.48. The van der Waals surface area contributed by atoms with Gasteiger partial charge in [-0.15, -0.1) is 10.2 Å². The fourth-order valence-corrected chi connectivity index (χ4v) is 4.46. The Labute approximate surface area is 196 Å². The Morgan fingerprint density at radius 1 is 1.12 bits per heavy atom. The molecule has 33 heavy (non-hydrogen) atoms. The van der Waals surface area contributed by atoms with E-state index in [2.05, 4.69) is 69.8 Å². The topological polar surface area (TPSA) is 67.6 Å². The first-order valence-corrected chi connectivity index (χ1v) is 11.6. The van der Waals surface area contributed by atoms with Gasteiger partial charge >= 0.3 is 0 Å². The highest BCUT2D eigenvalue weighted by atomic mass is 16.5. The maximum atomic E-state index is 5.28. The number of nitrogens with zero attached hydrogens (tertiary/aromatic N) is 5. The third-order valence-electron chi connectivity index (χ3n) is 6.59. The summed E-state index contributed by atoms with van der Waals surface area (Å²) in [6.07, 6.45) is 1.11. The average Bonchev–Trinajstić information content (AvgIpc) is 3.17. The van der Waals surface area contributed by atoms with Crippen molar-refractivity contribution in [2.24, 2.45) is 18.0 Å².